The zero-order valence-electron chi connectivity index (χ0n) is 12.4. The lowest BCUT2D eigenvalue weighted by Gasteiger charge is -2.18. The van der Waals surface area contributed by atoms with Crippen LogP contribution in [0.4, 0.5) is 5.69 Å². The van der Waals surface area contributed by atoms with Crippen LogP contribution in [0.25, 0.3) is 0 Å². The number of nitrogens with zero attached hydrogens (tertiary/aromatic N) is 3. The lowest BCUT2D eigenvalue weighted by molar-refractivity contribution is 0.516. The molecule has 0 amide bonds. The van der Waals surface area contributed by atoms with E-state index in [1.807, 2.05) is 38.2 Å². The highest BCUT2D eigenvalue weighted by Gasteiger charge is 2.10. The van der Waals surface area contributed by atoms with Gasteiger partial charge in [0.05, 0.1) is 6.20 Å². The molecule has 5 nitrogen and oxygen atoms in total. The third-order valence-electron chi connectivity index (χ3n) is 3.49. The summed E-state index contributed by atoms with van der Waals surface area (Å²) in [6.07, 6.45) is 5.85. The fourth-order valence-electron chi connectivity index (χ4n) is 2.26. The van der Waals surface area contributed by atoms with E-state index in [1.165, 1.54) is 16.8 Å². The molecule has 0 aliphatic carbocycles. The van der Waals surface area contributed by atoms with Crippen LogP contribution >= 0.6 is 0 Å². The topological polar surface area (TPSA) is 59.1 Å². The predicted molar refractivity (Wildman–Crippen MR) is 82.4 cm³/mol. The second-order valence-electron chi connectivity index (χ2n) is 5.27. The Kier molecular flexibility index (Phi) is 4.76. The highest BCUT2D eigenvalue weighted by atomic mass is 15.2. The molecule has 2 aromatic rings. The highest BCUT2D eigenvalue weighted by molar-refractivity contribution is 5.46. The molecule has 1 aromatic carbocycles. The Balaban J connectivity index is 2.00. The molecule has 20 heavy (non-hydrogen) atoms. The second-order valence-corrected chi connectivity index (χ2v) is 5.27. The number of anilines is 1. The number of nitrogens with two attached hydrogens (primary N) is 1. The summed E-state index contributed by atoms with van der Waals surface area (Å²) >= 11 is 0. The van der Waals surface area contributed by atoms with Crippen LogP contribution in [0, 0.1) is 0 Å². The Morgan fingerprint density at radius 1 is 1.30 bits per heavy atom. The van der Waals surface area contributed by atoms with Gasteiger partial charge in [-0.1, -0.05) is 12.1 Å². The molecular formula is C15H23N5. The van der Waals surface area contributed by atoms with Gasteiger partial charge in [0.1, 0.15) is 0 Å². The fourth-order valence-corrected chi connectivity index (χ4v) is 2.26. The van der Waals surface area contributed by atoms with E-state index in [1.54, 1.807) is 0 Å². The molecule has 2 rings (SSSR count). The van der Waals surface area contributed by atoms with E-state index in [2.05, 4.69) is 39.7 Å². The van der Waals surface area contributed by atoms with E-state index in [4.69, 9.17) is 5.84 Å². The van der Waals surface area contributed by atoms with Crippen molar-refractivity contribution in [3.63, 3.8) is 0 Å². The second kappa shape index (κ2) is 6.54. The fraction of sp³-hybridized carbons (Fsp3) is 0.400. The van der Waals surface area contributed by atoms with Crippen LogP contribution in [0.1, 0.15) is 23.6 Å². The normalized spacial score (nSPS) is 12.4. The number of hydrogen-bond acceptors (Lipinski definition) is 4. The molecule has 0 fully saturated rings. The van der Waals surface area contributed by atoms with Gasteiger partial charge < -0.3 is 4.90 Å². The summed E-state index contributed by atoms with van der Waals surface area (Å²) in [6, 6.07) is 8.64. The first-order valence-corrected chi connectivity index (χ1v) is 6.81. The monoisotopic (exact) mass is 273 g/mol. The molecule has 0 aliphatic rings. The summed E-state index contributed by atoms with van der Waals surface area (Å²) in [7, 11) is 6.01. The van der Waals surface area contributed by atoms with Crippen molar-refractivity contribution < 1.29 is 0 Å². The minimum Gasteiger partial charge on any atom is -0.378 e. The van der Waals surface area contributed by atoms with Gasteiger partial charge >= 0.3 is 0 Å². The SMILES string of the molecule is CN(C)c1ccc(C(CCc2cnn(C)c2)NN)cc1. The predicted octanol–water partition coefficient (Wildman–Crippen LogP) is 1.62. The van der Waals surface area contributed by atoms with Crippen molar-refractivity contribution in [1.82, 2.24) is 15.2 Å². The summed E-state index contributed by atoms with van der Waals surface area (Å²) in [5.41, 5.74) is 6.54. The van der Waals surface area contributed by atoms with Crippen molar-refractivity contribution in [3.05, 3.63) is 47.8 Å². The van der Waals surface area contributed by atoms with E-state index >= 15 is 0 Å². The highest BCUT2D eigenvalue weighted by Crippen LogP contribution is 2.21. The Hall–Kier alpha value is -1.85. The van der Waals surface area contributed by atoms with Crippen molar-refractivity contribution in [2.24, 2.45) is 12.9 Å². The molecule has 0 saturated carbocycles. The quantitative estimate of drug-likeness (QED) is 0.620. The van der Waals surface area contributed by atoms with Crippen molar-refractivity contribution >= 4 is 5.69 Å². The van der Waals surface area contributed by atoms with E-state index in [0.717, 1.165) is 12.8 Å². The Bertz CT molecular complexity index is 529. The maximum atomic E-state index is 5.69. The molecule has 0 aliphatic heterocycles. The van der Waals surface area contributed by atoms with Gasteiger partial charge in [0.15, 0.2) is 0 Å². The minimum absolute atomic E-state index is 0.159. The largest absolute Gasteiger partial charge is 0.378 e. The Morgan fingerprint density at radius 3 is 2.50 bits per heavy atom. The molecule has 0 radical (unpaired) electrons. The third-order valence-corrected chi connectivity index (χ3v) is 3.49. The lowest BCUT2D eigenvalue weighted by Crippen LogP contribution is -2.28. The summed E-state index contributed by atoms with van der Waals surface area (Å²) < 4.78 is 1.83. The summed E-state index contributed by atoms with van der Waals surface area (Å²) in [4.78, 5) is 2.09. The van der Waals surface area contributed by atoms with Gasteiger partial charge in [-0.3, -0.25) is 16.0 Å². The van der Waals surface area contributed by atoms with E-state index in [-0.39, 0.29) is 6.04 Å². The third kappa shape index (κ3) is 3.59. The van der Waals surface area contributed by atoms with Crippen LogP contribution in [0.2, 0.25) is 0 Å². The van der Waals surface area contributed by atoms with Crippen molar-refractivity contribution in [2.45, 2.75) is 18.9 Å². The first-order valence-electron chi connectivity index (χ1n) is 6.81. The van der Waals surface area contributed by atoms with Crippen molar-refractivity contribution in [3.8, 4) is 0 Å². The van der Waals surface area contributed by atoms with Gasteiger partial charge in [-0.25, -0.2) is 0 Å². The van der Waals surface area contributed by atoms with E-state index in [0.29, 0.717) is 0 Å². The molecule has 1 heterocycles. The number of rotatable bonds is 6. The molecule has 108 valence electrons. The average molecular weight is 273 g/mol. The molecule has 1 aromatic heterocycles. The molecule has 0 spiro atoms. The number of aryl methyl sites for hydroxylation is 2. The van der Waals surface area contributed by atoms with Gasteiger partial charge in [-0.2, -0.15) is 5.10 Å². The molecule has 0 bridgehead atoms. The van der Waals surface area contributed by atoms with Crippen LogP contribution in [0.3, 0.4) is 0 Å². The Labute approximate surface area is 120 Å². The van der Waals surface area contributed by atoms with Crippen LogP contribution in [-0.2, 0) is 13.5 Å². The van der Waals surface area contributed by atoms with Gasteiger partial charge in [0, 0.05) is 39.1 Å². The molecule has 3 N–H and O–H groups in total. The molecule has 1 unspecified atom stereocenters. The standard InChI is InChI=1S/C15H23N5/c1-19(2)14-7-5-13(6-8-14)15(18-16)9-4-12-10-17-20(3)11-12/h5-8,10-11,15,18H,4,9,16H2,1-3H3. The maximum absolute atomic E-state index is 5.69. The van der Waals surface area contributed by atoms with Crippen LogP contribution in [0.5, 0.6) is 0 Å². The van der Waals surface area contributed by atoms with Gasteiger partial charge in [0.25, 0.3) is 0 Å². The number of benzene rings is 1. The summed E-state index contributed by atoms with van der Waals surface area (Å²) in [5.74, 6) is 5.69. The number of nitrogens with one attached hydrogen (secondary N) is 1. The maximum Gasteiger partial charge on any atom is 0.0521 e. The zero-order valence-corrected chi connectivity index (χ0v) is 12.4. The van der Waals surface area contributed by atoms with E-state index in [9.17, 15) is 0 Å². The molecule has 5 heteroatoms. The van der Waals surface area contributed by atoms with Gasteiger partial charge in [0.2, 0.25) is 0 Å². The van der Waals surface area contributed by atoms with Crippen molar-refractivity contribution in [1.29, 1.82) is 0 Å². The average Bonchev–Trinajstić information content (AvgIpc) is 2.86. The first-order chi connectivity index (χ1) is 9.60. The lowest BCUT2D eigenvalue weighted by atomic mass is 10.0. The van der Waals surface area contributed by atoms with Crippen LogP contribution < -0.4 is 16.2 Å². The summed E-state index contributed by atoms with van der Waals surface area (Å²) in [5, 5.41) is 4.18. The molecule has 0 saturated heterocycles. The number of aromatic nitrogens is 2. The number of hydrazine groups is 1. The van der Waals surface area contributed by atoms with E-state index < -0.39 is 0 Å². The summed E-state index contributed by atoms with van der Waals surface area (Å²) in [6.45, 7) is 0. The van der Waals surface area contributed by atoms with Gasteiger partial charge in [-0.05, 0) is 36.1 Å². The van der Waals surface area contributed by atoms with Crippen molar-refractivity contribution in [2.75, 3.05) is 19.0 Å². The van der Waals surface area contributed by atoms with Crippen LogP contribution in [0.15, 0.2) is 36.7 Å². The minimum atomic E-state index is 0.159. The smallest absolute Gasteiger partial charge is 0.0521 e. The molecule has 1 atom stereocenters. The Morgan fingerprint density at radius 2 is 2.00 bits per heavy atom. The zero-order chi connectivity index (χ0) is 14.5. The van der Waals surface area contributed by atoms with Gasteiger partial charge in [-0.15, -0.1) is 0 Å². The number of hydrogen-bond donors (Lipinski definition) is 2. The first kappa shape index (κ1) is 14.6. The molecular weight excluding hydrogens is 250 g/mol. The van der Waals surface area contributed by atoms with Crippen LogP contribution in [-0.4, -0.2) is 23.9 Å².